The molecule has 0 aliphatic carbocycles. The van der Waals surface area contributed by atoms with E-state index in [1.165, 1.54) is 22.9 Å². The van der Waals surface area contributed by atoms with Gasteiger partial charge in [0.1, 0.15) is 5.75 Å². The predicted octanol–water partition coefficient (Wildman–Crippen LogP) is 5.30. The van der Waals surface area contributed by atoms with Gasteiger partial charge in [0.2, 0.25) is 17.8 Å². The Kier molecular flexibility index (Phi) is 9.38. The van der Waals surface area contributed by atoms with E-state index in [1.807, 2.05) is 17.9 Å². The molecule has 2 aromatic heterocycles. The number of aryl methyl sites for hydroxylation is 1. The third-order valence-electron chi connectivity index (χ3n) is 9.44. The summed E-state index contributed by atoms with van der Waals surface area (Å²) in [5, 5.41) is 10.3. The topological polar surface area (TPSA) is 134 Å². The molecule has 1 amide bonds. The smallest absolute Gasteiger partial charge is 0.239 e. The first-order chi connectivity index (χ1) is 22.6. The number of hydrogen-bond acceptors (Lipinski definition) is 10. The third kappa shape index (κ3) is 6.64. The van der Waals surface area contributed by atoms with Crippen LogP contribution in [0.1, 0.15) is 63.5 Å². The number of likely N-dealkylation sites (tertiary alicyclic amines) is 2. The van der Waals surface area contributed by atoms with Crippen molar-refractivity contribution in [3.63, 3.8) is 0 Å². The number of carbonyl (C=O) groups excluding carboxylic acids is 1. The molecule has 2 saturated heterocycles. The highest BCUT2D eigenvalue weighted by atomic mass is 32.2. The second-order valence-electron chi connectivity index (χ2n) is 12.7. The number of sulfone groups is 1. The second kappa shape index (κ2) is 13.5. The molecule has 2 aliphatic rings. The zero-order valence-electron chi connectivity index (χ0n) is 27.7. The molecule has 0 bridgehead atoms. The van der Waals surface area contributed by atoms with Crippen molar-refractivity contribution in [1.82, 2.24) is 29.4 Å². The fourth-order valence-electron chi connectivity index (χ4n) is 6.65. The van der Waals surface area contributed by atoms with Gasteiger partial charge >= 0.3 is 0 Å². The van der Waals surface area contributed by atoms with Crippen molar-refractivity contribution in [2.45, 2.75) is 75.5 Å². The van der Waals surface area contributed by atoms with Gasteiger partial charge in [-0.05, 0) is 108 Å². The first-order valence-corrected chi connectivity index (χ1v) is 17.9. The van der Waals surface area contributed by atoms with Crippen LogP contribution in [-0.2, 0) is 14.6 Å². The molecule has 6 rings (SSSR count). The molecule has 2 aliphatic heterocycles. The molecular formula is C34H44N8O4S. The standard InChI is InChI=1S/C34H44N8O4S/c1-22(2)47(44,45)30-11-7-6-10-27(30)37-34-39-33(38-31-12-15-35-42(31)34)36-28-20-23(3)26(21-29(28)46-5)25-13-18-41(19-14-25)32(43)24(4)40-16-8-9-17-40/h6-7,10-12,15,20-22,24-25H,8-9,13-14,16-19H2,1-5H3,(H2,36,37,38,39)/t24-/m1/s1. The number of methoxy groups -OCH3 is 1. The molecule has 4 heterocycles. The van der Waals surface area contributed by atoms with Gasteiger partial charge in [0, 0.05) is 19.2 Å². The first kappa shape index (κ1) is 32.7. The fourth-order valence-corrected chi connectivity index (χ4v) is 7.85. The van der Waals surface area contributed by atoms with E-state index in [-0.39, 0.29) is 16.8 Å². The lowest BCUT2D eigenvalue weighted by Gasteiger charge is -2.36. The van der Waals surface area contributed by atoms with Gasteiger partial charge in [-0.3, -0.25) is 9.69 Å². The molecule has 1 atom stereocenters. The fraction of sp³-hybridized carbons (Fsp3) is 0.471. The number of piperidine rings is 1. The average Bonchev–Trinajstić information content (AvgIpc) is 3.78. The minimum Gasteiger partial charge on any atom is -0.495 e. The highest BCUT2D eigenvalue weighted by Gasteiger charge is 2.31. The Morgan fingerprint density at radius 3 is 2.38 bits per heavy atom. The molecule has 250 valence electrons. The Labute approximate surface area is 276 Å². The van der Waals surface area contributed by atoms with E-state index in [4.69, 9.17) is 9.72 Å². The van der Waals surface area contributed by atoms with Crippen LogP contribution in [0.5, 0.6) is 5.75 Å². The number of aromatic nitrogens is 4. The first-order valence-electron chi connectivity index (χ1n) is 16.4. The van der Waals surface area contributed by atoms with Crippen LogP contribution in [-0.4, -0.2) is 88.3 Å². The average molecular weight is 661 g/mol. The van der Waals surface area contributed by atoms with Gasteiger partial charge in [-0.25, -0.2) is 8.42 Å². The molecule has 2 aromatic carbocycles. The van der Waals surface area contributed by atoms with Crippen LogP contribution in [0, 0.1) is 6.92 Å². The van der Waals surface area contributed by atoms with Gasteiger partial charge < -0.3 is 20.3 Å². The maximum Gasteiger partial charge on any atom is 0.239 e. The number of fused-ring (bicyclic) bond motifs is 1. The molecule has 0 radical (unpaired) electrons. The summed E-state index contributed by atoms with van der Waals surface area (Å²) in [6.07, 6.45) is 5.76. The number of hydrogen-bond donors (Lipinski definition) is 2. The van der Waals surface area contributed by atoms with Gasteiger partial charge in [0.15, 0.2) is 15.5 Å². The van der Waals surface area contributed by atoms with E-state index in [0.29, 0.717) is 40.6 Å². The highest BCUT2D eigenvalue weighted by Crippen LogP contribution is 2.38. The molecule has 0 unspecified atom stereocenters. The summed E-state index contributed by atoms with van der Waals surface area (Å²) in [5.74, 6) is 1.83. The number of nitrogens with zero attached hydrogens (tertiary/aromatic N) is 6. The molecular weight excluding hydrogens is 616 g/mol. The van der Waals surface area contributed by atoms with E-state index >= 15 is 0 Å². The number of nitrogens with one attached hydrogen (secondary N) is 2. The summed E-state index contributed by atoms with van der Waals surface area (Å²) in [6, 6.07) is 12.6. The number of benzene rings is 2. The SMILES string of the molecule is COc1cc(C2CCN(C(=O)[C@@H](C)N3CCCC3)CC2)c(C)cc1Nc1nc(Nc2ccccc2S(=O)(=O)C(C)C)n2nccc2n1. The second-order valence-corrected chi connectivity index (χ2v) is 15.2. The van der Waals surface area contributed by atoms with Crippen molar-refractivity contribution < 1.29 is 17.9 Å². The summed E-state index contributed by atoms with van der Waals surface area (Å²) in [5.41, 5.74) is 3.96. The lowest BCUT2D eigenvalue weighted by Crippen LogP contribution is -2.48. The number of amides is 1. The van der Waals surface area contributed by atoms with E-state index in [1.54, 1.807) is 57.5 Å². The van der Waals surface area contributed by atoms with E-state index < -0.39 is 15.1 Å². The molecule has 0 spiro atoms. The van der Waals surface area contributed by atoms with Crippen LogP contribution in [0.15, 0.2) is 53.6 Å². The molecule has 13 heteroatoms. The van der Waals surface area contributed by atoms with E-state index in [2.05, 4.69) is 38.6 Å². The Morgan fingerprint density at radius 2 is 1.68 bits per heavy atom. The van der Waals surface area contributed by atoms with Crippen LogP contribution in [0.2, 0.25) is 0 Å². The van der Waals surface area contributed by atoms with Crippen molar-refractivity contribution >= 4 is 44.7 Å². The number of carbonyl (C=O) groups is 1. The van der Waals surface area contributed by atoms with Crippen molar-refractivity contribution in [2.75, 3.05) is 43.9 Å². The molecule has 2 N–H and O–H groups in total. The summed E-state index contributed by atoms with van der Waals surface area (Å²) < 4.78 is 33.5. The van der Waals surface area contributed by atoms with Gasteiger partial charge in [-0.1, -0.05) is 12.1 Å². The highest BCUT2D eigenvalue weighted by molar-refractivity contribution is 7.92. The Balaban J connectivity index is 1.22. The number of para-hydroxylation sites is 1. The predicted molar refractivity (Wildman–Crippen MR) is 183 cm³/mol. The molecule has 0 saturated carbocycles. The molecule has 47 heavy (non-hydrogen) atoms. The quantitative estimate of drug-likeness (QED) is 0.231. The maximum atomic E-state index is 13.2. The van der Waals surface area contributed by atoms with E-state index in [0.717, 1.165) is 44.6 Å². The largest absolute Gasteiger partial charge is 0.495 e. The summed E-state index contributed by atoms with van der Waals surface area (Å²) in [4.78, 5) is 27.1. The number of rotatable bonds is 10. The molecule has 2 fully saturated rings. The lowest BCUT2D eigenvalue weighted by atomic mass is 9.86. The minimum atomic E-state index is -3.56. The Hall–Kier alpha value is -4.23. The van der Waals surface area contributed by atoms with Crippen LogP contribution in [0.3, 0.4) is 0 Å². The van der Waals surface area contributed by atoms with Crippen molar-refractivity contribution in [2.24, 2.45) is 0 Å². The Bertz CT molecular complexity index is 1860. The minimum absolute atomic E-state index is 0.0521. The van der Waals surface area contributed by atoms with Crippen LogP contribution in [0.25, 0.3) is 5.65 Å². The summed E-state index contributed by atoms with van der Waals surface area (Å²) in [7, 11) is -1.92. The molecule has 4 aromatic rings. The summed E-state index contributed by atoms with van der Waals surface area (Å²) >= 11 is 0. The van der Waals surface area contributed by atoms with Gasteiger partial charge in [0.25, 0.3) is 0 Å². The van der Waals surface area contributed by atoms with Gasteiger partial charge in [-0.15, -0.1) is 0 Å². The van der Waals surface area contributed by atoms with Gasteiger partial charge in [-0.2, -0.15) is 19.6 Å². The van der Waals surface area contributed by atoms with Crippen molar-refractivity contribution in [1.29, 1.82) is 0 Å². The van der Waals surface area contributed by atoms with Crippen LogP contribution >= 0.6 is 0 Å². The number of anilines is 4. The monoisotopic (exact) mass is 660 g/mol. The lowest BCUT2D eigenvalue weighted by molar-refractivity contribution is -0.137. The normalized spacial score (nSPS) is 16.9. The van der Waals surface area contributed by atoms with Crippen LogP contribution < -0.4 is 15.4 Å². The molecule has 12 nitrogen and oxygen atoms in total. The third-order valence-corrected chi connectivity index (χ3v) is 11.7. The maximum absolute atomic E-state index is 13.2. The zero-order chi connectivity index (χ0) is 33.3. The number of ether oxygens (including phenoxy) is 1. The zero-order valence-corrected chi connectivity index (χ0v) is 28.5. The van der Waals surface area contributed by atoms with E-state index in [9.17, 15) is 13.2 Å². The van der Waals surface area contributed by atoms with Crippen molar-refractivity contribution in [3.05, 3.63) is 59.8 Å². The Morgan fingerprint density at radius 1 is 0.957 bits per heavy atom. The van der Waals surface area contributed by atoms with Crippen LogP contribution in [0.4, 0.5) is 23.3 Å². The summed E-state index contributed by atoms with van der Waals surface area (Å²) in [6.45, 7) is 11.0. The van der Waals surface area contributed by atoms with Gasteiger partial charge in [0.05, 0.1) is 40.9 Å². The van der Waals surface area contributed by atoms with Crippen molar-refractivity contribution in [3.8, 4) is 5.75 Å².